The summed E-state index contributed by atoms with van der Waals surface area (Å²) in [5, 5.41) is 25.5. The number of benzene rings is 1. The maximum absolute atomic E-state index is 5.27. The second-order valence-corrected chi connectivity index (χ2v) is 6.97. The molecule has 4 rings (SSSR count). The number of aryl methyl sites for hydroxylation is 2. The van der Waals surface area contributed by atoms with E-state index >= 15 is 0 Å². The van der Waals surface area contributed by atoms with Gasteiger partial charge in [0.25, 0.3) is 0 Å². The number of rotatable bonds is 5. The summed E-state index contributed by atoms with van der Waals surface area (Å²) in [6, 6.07) is 5.53. The van der Waals surface area contributed by atoms with Crippen LogP contribution in [0.3, 0.4) is 0 Å². The van der Waals surface area contributed by atoms with Gasteiger partial charge < -0.3 is 4.74 Å². The zero-order chi connectivity index (χ0) is 18.1. The van der Waals surface area contributed by atoms with Gasteiger partial charge in [0.15, 0.2) is 0 Å². The molecule has 0 aliphatic heterocycles. The van der Waals surface area contributed by atoms with Crippen molar-refractivity contribution < 1.29 is 4.74 Å². The number of methoxy groups -OCH3 is 1. The van der Waals surface area contributed by atoms with Crippen LogP contribution in [0.5, 0.6) is 5.75 Å². The lowest BCUT2D eigenvalue weighted by Crippen LogP contribution is -1.98. The van der Waals surface area contributed by atoms with Crippen LogP contribution < -0.4 is 4.74 Å². The first kappa shape index (κ1) is 16.7. The zero-order valence-corrected chi connectivity index (χ0v) is 15.6. The van der Waals surface area contributed by atoms with E-state index < -0.39 is 0 Å². The van der Waals surface area contributed by atoms with Crippen molar-refractivity contribution in [3.05, 3.63) is 18.2 Å². The first-order valence-electron chi connectivity index (χ1n) is 7.30. The normalized spacial score (nSPS) is 11.2. The van der Waals surface area contributed by atoms with Crippen molar-refractivity contribution >= 4 is 34.6 Å². The fourth-order valence-corrected chi connectivity index (χ4v) is 3.69. The number of nitrogens with zero attached hydrogens (tertiary/aromatic N) is 10. The van der Waals surface area contributed by atoms with Crippen LogP contribution in [-0.4, -0.2) is 57.5 Å². The minimum absolute atomic E-state index is 0.597. The van der Waals surface area contributed by atoms with Gasteiger partial charge in [0, 0.05) is 20.2 Å². The molecule has 0 aliphatic rings. The molecule has 0 radical (unpaired) electrons. The van der Waals surface area contributed by atoms with Gasteiger partial charge in [0.1, 0.15) is 15.8 Å². The second-order valence-electron chi connectivity index (χ2n) is 5.06. The topological polar surface area (TPSA) is 122 Å². The van der Waals surface area contributed by atoms with Crippen LogP contribution in [0.15, 0.2) is 38.6 Å². The first-order chi connectivity index (χ1) is 12.6. The summed E-state index contributed by atoms with van der Waals surface area (Å²) in [6.07, 6.45) is 0. The maximum Gasteiger partial charge on any atom is 0.215 e. The van der Waals surface area contributed by atoms with Gasteiger partial charge in [-0.05, 0) is 56.5 Å². The van der Waals surface area contributed by atoms with E-state index in [2.05, 4.69) is 31.1 Å². The molecule has 0 saturated carbocycles. The van der Waals surface area contributed by atoms with Gasteiger partial charge in [-0.3, -0.25) is 0 Å². The number of tetrazole rings is 2. The van der Waals surface area contributed by atoms with Gasteiger partial charge in [-0.15, -0.1) is 10.2 Å². The van der Waals surface area contributed by atoms with Crippen molar-refractivity contribution in [2.45, 2.75) is 20.4 Å². The molecule has 0 amide bonds. The Kier molecular flexibility index (Phi) is 4.38. The molecule has 4 aromatic rings. The molecule has 3 heterocycles. The molecule has 132 valence electrons. The quantitative estimate of drug-likeness (QED) is 0.486. The van der Waals surface area contributed by atoms with E-state index in [4.69, 9.17) is 14.7 Å². The average Bonchev–Trinajstić information content (AvgIpc) is 3.23. The third-order valence-electron chi connectivity index (χ3n) is 3.35. The third kappa shape index (κ3) is 3.17. The molecule has 26 heavy (non-hydrogen) atoms. The van der Waals surface area contributed by atoms with E-state index in [-0.39, 0.29) is 0 Å². The zero-order valence-electron chi connectivity index (χ0n) is 13.9. The van der Waals surface area contributed by atoms with Crippen LogP contribution in [0, 0.1) is 0 Å². The SMILES string of the molecule is COc1ccc2nc(Sc3nnnn3C)c(Sc3nnnn3C)nc2c1. The third-order valence-corrected chi connectivity index (χ3v) is 5.49. The Morgan fingerprint density at radius 1 is 0.846 bits per heavy atom. The Morgan fingerprint density at radius 3 is 1.92 bits per heavy atom. The predicted molar refractivity (Wildman–Crippen MR) is 91.9 cm³/mol. The lowest BCUT2D eigenvalue weighted by molar-refractivity contribution is 0.415. The largest absolute Gasteiger partial charge is 0.497 e. The standard InChI is InChI=1S/C13H12N10OS2/c1-22-12(16-18-20-22)25-10-11(26-13-17-19-21-23(13)2)15-9-6-7(24-3)4-5-8(9)14-10/h4-6H,1-3H3. The van der Waals surface area contributed by atoms with Gasteiger partial charge in [-0.2, -0.15) is 0 Å². The summed E-state index contributed by atoms with van der Waals surface area (Å²) >= 11 is 2.64. The Morgan fingerprint density at radius 2 is 1.42 bits per heavy atom. The van der Waals surface area contributed by atoms with Crippen LogP contribution >= 0.6 is 23.5 Å². The molecule has 0 bridgehead atoms. The minimum atomic E-state index is 0.597. The summed E-state index contributed by atoms with van der Waals surface area (Å²) in [7, 11) is 5.14. The number of aromatic nitrogens is 10. The monoisotopic (exact) mass is 388 g/mol. The van der Waals surface area contributed by atoms with E-state index in [0.717, 1.165) is 5.52 Å². The number of fused-ring (bicyclic) bond motifs is 1. The molecule has 0 fully saturated rings. The Hall–Kier alpha value is -2.80. The number of hydrogen-bond acceptors (Lipinski definition) is 11. The fourth-order valence-electron chi connectivity index (χ4n) is 2.05. The van der Waals surface area contributed by atoms with Crippen LogP contribution in [-0.2, 0) is 14.1 Å². The lowest BCUT2D eigenvalue weighted by atomic mass is 10.3. The van der Waals surface area contributed by atoms with Crippen molar-refractivity contribution in [1.29, 1.82) is 0 Å². The van der Waals surface area contributed by atoms with E-state index in [1.54, 1.807) is 30.6 Å². The van der Waals surface area contributed by atoms with E-state index in [1.165, 1.54) is 23.5 Å². The maximum atomic E-state index is 5.27. The fraction of sp³-hybridized carbons (Fsp3) is 0.231. The highest BCUT2D eigenvalue weighted by molar-refractivity contribution is 8.02. The summed E-state index contributed by atoms with van der Waals surface area (Å²) in [6.45, 7) is 0. The van der Waals surface area contributed by atoms with E-state index in [0.29, 0.717) is 31.6 Å². The van der Waals surface area contributed by atoms with Gasteiger partial charge >= 0.3 is 0 Å². The summed E-state index contributed by atoms with van der Waals surface area (Å²) < 4.78 is 8.41. The second kappa shape index (κ2) is 6.84. The summed E-state index contributed by atoms with van der Waals surface area (Å²) in [4.78, 5) is 9.44. The molecule has 0 spiro atoms. The molecule has 1 aromatic carbocycles. The highest BCUT2D eigenvalue weighted by atomic mass is 32.2. The first-order valence-corrected chi connectivity index (χ1v) is 8.93. The molecule has 0 N–H and O–H groups in total. The van der Waals surface area contributed by atoms with E-state index in [1.807, 2.05) is 18.2 Å². The Balaban J connectivity index is 1.82. The van der Waals surface area contributed by atoms with Crippen LogP contribution in [0.25, 0.3) is 11.0 Å². The van der Waals surface area contributed by atoms with Gasteiger partial charge in [0.2, 0.25) is 10.3 Å². The molecule has 0 aliphatic carbocycles. The molecule has 0 saturated heterocycles. The lowest BCUT2D eigenvalue weighted by Gasteiger charge is -2.08. The smallest absolute Gasteiger partial charge is 0.215 e. The van der Waals surface area contributed by atoms with Crippen molar-refractivity contribution in [2.75, 3.05) is 7.11 Å². The number of hydrogen-bond donors (Lipinski definition) is 0. The molecular weight excluding hydrogens is 376 g/mol. The van der Waals surface area contributed by atoms with Gasteiger partial charge in [-0.25, -0.2) is 19.3 Å². The highest BCUT2D eigenvalue weighted by Crippen LogP contribution is 2.36. The summed E-state index contributed by atoms with van der Waals surface area (Å²) in [5.41, 5.74) is 1.45. The summed E-state index contributed by atoms with van der Waals surface area (Å²) in [5.74, 6) is 0.709. The van der Waals surface area contributed by atoms with Crippen molar-refractivity contribution in [3.8, 4) is 5.75 Å². The van der Waals surface area contributed by atoms with Gasteiger partial charge in [0.05, 0.1) is 18.1 Å². The Bertz CT molecular complexity index is 1080. The predicted octanol–water partition coefficient (Wildman–Crippen LogP) is 0.988. The highest BCUT2D eigenvalue weighted by Gasteiger charge is 2.17. The number of ether oxygens (including phenoxy) is 1. The molecule has 3 aromatic heterocycles. The average molecular weight is 388 g/mol. The molecular formula is C13H12N10OS2. The van der Waals surface area contributed by atoms with Crippen LogP contribution in [0.2, 0.25) is 0 Å². The van der Waals surface area contributed by atoms with Crippen LogP contribution in [0.1, 0.15) is 0 Å². The molecule has 13 heteroatoms. The Labute approximate surface area is 155 Å². The van der Waals surface area contributed by atoms with Crippen LogP contribution in [0.4, 0.5) is 0 Å². The van der Waals surface area contributed by atoms with Crippen molar-refractivity contribution in [2.24, 2.45) is 14.1 Å². The van der Waals surface area contributed by atoms with Crippen molar-refractivity contribution in [3.63, 3.8) is 0 Å². The van der Waals surface area contributed by atoms with Gasteiger partial charge in [-0.1, -0.05) is 0 Å². The molecule has 11 nitrogen and oxygen atoms in total. The molecule has 0 atom stereocenters. The molecule has 0 unspecified atom stereocenters. The van der Waals surface area contributed by atoms with E-state index in [9.17, 15) is 0 Å². The minimum Gasteiger partial charge on any atom is -0.497 e. The van der Waals surface area contributed by atoms with Crippen molar-refractivity contribution in [1.82, 2.24) is 50.4 Å².